The number of esters is 1. The maximum absolute atomic E-state index is 11.9. The van der Waals surface area contributed by atoms with Crippen molar-refractivity contribution < 1.29 is 17.9 Å². The lowest BCUT2D eigenvalue weighted by molar-refractivity contribution is -0.144. The number of thiophene rings is 1. The van der Waals surface area contributed by atoms with E-state index < -0.39 is 21.7 Å². The van der Waals surface area contributed by atoms with Gasteiger partial charge in [0, 0.05) is 9.75 Å². The zero-order chi connectivity index (χ0) is 13.8. The molecule has 0 bridgehead atoms. The Morgan fingerprint density at radius 2 is 2.00 bits per heavy atom. The van der Waals surface area contributed by atoms with Crippen LogP contribution in [0.4, 0.5) is 0 Å². The molecule has 1 aromatic heterocycles. The molecule has 1 unspecified atom stereocenters. The molecule has 0 fully saturated rings. The van der Waals surface area contributed by atoms with E-state index in [4.69, 9.17) is 0 Å². The van der Waals surface area contributed by atoms with E-state index in [1.807, 2.05) is 19.1 Å². The summed E-state index contributed by atoms with van der Waals surface area (Å²) in [4.78, 5) is 13.2. The van der Waals surface area contributed by atoms with Crippen LogP contribution in [0.15, 0.2) is 12.1 Å². The molecule has 0 radical (unpaired) electrons. The fraction of sp³-hybridized carbons (Fsp3) is 0.583. The molecule has 4 nitrogen and oxygen atoms in total. The van der Waals surface area contributed by atoms with Crippen LogP contribution in [0.5, 0.6) is 0 Å². The zero-order valence-electron chi connectivity index (χ0n) is 10.8. The molecular formula is C12H18O4S2. The van der Waals surface area contributed by atoms with Crippen molar-refractivity contribution in [3.63, 3.8) is 0 Å². The topological polar surface area (TPSA) is 60.4 Å². The summed E-state index contributed by atoms with van der Waals surface area (Å²) in [5, 5.41) is 0. The normalized spacial score (nSPS) is 13.3. The molecule has 0 saturated heterocycles. The monoisotopic (exact) mass is 290 g/mol. The standard InChI is InChI=1S/C12H18O4S2/c1-4-10-5-6-11(17-10)8-18(14,15)7-9(2)12(13)16-3/h5-6,9H,4,7-8H2,1-3H3. The third-order valence-electron chi connectivity index (χ3n) is 2.54. The largest absolute Gasteiger partial charge is 0.469 e. The van der Waals surface area contributed by atoms with Gasteiger partial charge in [0.25, 0.3) is 0 Å². The molecule has 0 N–H and O–H groups in total. The van der Waals surface area contributed by atoms with Crippen molar-refractivity contribution in [2.24, 2.45) is 5.92 Å². The van der Waals surface area contributed by atoms with Crippen LogP contribution in [0.25, 0.3) is 0 Å². The Hall–Kier alpha value is -0.880. The van der Waals surface area contributed by atoms with E-state index in [0.717, 1.165) is 11.3 Å². The summed E-state index contributed by atoms with van der Waals surface area (Å²) >= 11 is 1.51. The average Bonchev–Trinajstić information content (AvgIpc) is 2.73. The van der Waals surface area contributed by atoms with Crippen LogP contribution in [0.2, 0.25) is 0 Å². The molecule has 0 amide bonds. The number of hydrogen-bond acceptors (Lipinski definition) is 5. The van der Waals surface area contributed by atoms with Crippen molar-refractivity contribution in [2.75, 3.05) is 12.9 Å². The van der Waals surface area contributed by atoms with E-state index in [0.29, 0.717) is 0 Å². The van der Waals surface area contributed by atoms with Gasteiger partial charge < -0.3 is 4.74 Å². The second kappa shape index (κ2) is 6.33. The van der Waals surface area contributed by atoms with Crippen LogP contribution < -0.4 is 0 Å². The minimum Gasteiger partial charge on any atom is -0.469 e. The summed E-state index contributed by atoms with van der Waals surface area (Å²) in [6.45, 7) is 3.60. The van der Waals surface area contributed by atoms with Gasteiger partial charge in [0.15, 0.2) is 9.84 Å². The van der Waals surface area contributed by atoms with Gasteiger partial charge in [-0.2, -0.15) is 0 Å². The molecule has 0 spiro atoms. The van der Waals surface area contributed by atoms with E-state index in [9.17, 15) is 13.2 Å². The Balaban J connectivity index is 2.67. The zero-order valence-corrected chi connectivity index (χ0v) is 12.4. The maximum atomic E-state index is 11.9. The molecule has 0 aliphatic carbocycles. The average molecular weight is 290 g/mol. The quantitative estimate of drug-likeness (QED) is 0.752. The summed E-state index contributed by atoms with van der Waals surface area (Å²) in [6, 6.07) is 3.78. The van der Waals surface area contributed by atoms with Gasteiger partial charge in [-0.3, -0.25) is 4.79 Å². The predicted molar refractivity (Wildman–Crippen MR) is 72.4 cm³/mol. The van der Waals surface area contributed by atoms with Crippen molar-refractivity contribution in [1.82, 2.24) is 0 Å². The lowest BCUT2D eigenvalue weighted by Crippen LogP contribution is -2.23. The minimum absolute atomic E-state index is 0.000991. The third-order valence-corrected chi connectivity index (χ3v) is 5.71. The van der Waals surface area contributed by atoms with Gasteiger partial charge in [-0.25, -0.2) is 8.42 Å². The molecule has 1 atom stereocenters. The van der Waals surface area contributed by atoms with Gasteiger partial charge in [-0.05, 0) is 18.6 Å². The molecule has 1 heterocycles. The van der Waals surface area contributed by atoms with E-state index in [2.05, 4.69) is 4.74 Å². The van der Waals surface area contributed by atoms with E-state index in [1.54, 1.807) is 6.92 Å². The van der Waals surface area contributed by atoms with Crippen molar-refractivity contribution in [2.45, 2.75) is 26.0 Å². The maximum Gasteiger partial charge on any atom is 0.309 e. The number of rotatable bonds is 6. The molecule has 0 saturated carbocycles. The van der Waals surface area contributed by atoms with Crippen molar-refractivity contribution in [1.29, 1.82) is 0 Å². The molecule has 18 heavy (non-hydrogen) atoms. The molecule has 1 rings (SSSR count). The first-order valence-corrected chi connectivity index (χ1v) is 8.37. The Labute approximate surface area is 112 Å². The van der Waals surface area contributed by atoms with Crippen molar-refractivity contribution in [3.8, 4) is 0 Å². The number of carbonyl (C=O) groups is 1. The van der Waals surface area contributed by atoms with E-state index >= 15 is 0 Å². The molecule has 0 aliphatic rings. The number of carbonyl (C=O) groups excluding carboxylic acids is 1. The highest BCUT2D eigenvalue weighted by Crippen LogP contribution is 2.20. The van der Waals surface area contributed by atoms with E-state index in [1.165, 1.54) is 23.3 Å². The highest BCUT2D eigenvalue weighted by atomic mass is 32.2. The molecule has 102 valence electrons. The van der Waals surface area contributed by atoms with Gasteiger partial charge in [-0.1, -0.05) is 13.8 Å². The van der Waals surface area contributed by atoms with Crippen molar-refractivity contribution >= 4 is 27.1 Å². The first-order valence-electron chi connectivity index (χ1n) is 5.73. The van der Waals surface area contributed by atoms with E-state index in [-0.39, 0.29) is 11.5 Å². The van der Waals surface area contributed by atoms with Crippen LogP contribution in [0, 0.1) is 5.92 Å². The van der Waals surface area contributed by atoms with Crippen LogP contribution in [-0.2, 0) is 31.5 Å². The summed E-state index contributed by atoms with van der Waals surface area (Å²) in [6.07, 6.45) is 0.906. The fourth-order valence-electron chi connectivity index (χ4n) is 1.62. The SMILES string of the molecule is CCc1ccc(CS(=O)(=O)CC(C)C(=O)OC)s1. The van der Waals surface area contributed by atoms with Crippen LogP contribution >= 0.6 is 11.3 Å². The molecule has 1 aromatic rings. The summed E-state index contributed by atoms with van der Waals surface area (Å²) < 4.78 is 28.4. The number of hydrogen-bond donors (Lipinski definition) is 0. The van der Waals surface area contributed by atoms with Gasteiger partial charge in [0.2, 0.25) is 0 Å². The Kier molecular flexibility index (Phi) is 5.34. The highest BCUT2D eigenvalue weighted by Gasteiger charge is 2.22. The first-order chi connectivity index (χ1) is 8.38. The van der Waals surface area contributed by atoms with Crippen molar-refractivity contribution in [3.05, 3.63) is 21.9 Å². The summed E-state index contributed by atoms with van der Waals surface area (Å²) in [5.74, 6) is -1.28. The van der Waals surface area contributed by atoms with Gasteiger partial charge in [0.05, 0.1) is 24.5 Å². The van der Waals surface area contributed by atoms with Gasteiger partial charge in [-0.15, -0.1) is 11.3 Å². The highest BCUT2D eigenvalue weighted by molar-refractivity contribution is 7.90. The number of aryl methyl sites for hydroxylation is 1. The number of sulfone groups is 1. The van der Waals surface area contributed by atoms with Gasteiger partial charge >= 0.3 is 5.97 Å². The summed E-state index contributed by atoms with van der Waals surface area (Å²) in [5.41, 5.74) is 0. The number of ether oxygens (including phenoxy) is 1. The molecular weight excluding hydrogens is 272 g/mol. The summed E-state index contributed by atoms with van der Waals surface area (Å²) in [7, 11) is -2.01. The second-order valence-electron chi connectivity index (χ2n) is 4.20. The molecule has 0 aliphatic heterocycles. The first kappa shape index (κ1) is 15.2. The minimum atomic E-state index is -3.27. The Morgan fingerprint density at radius 3 is 2.50 bits per heavy atom. The Morgan fingerprint density at radius 1 is 1.39 bits per heavy atom. The fourth-order valence-corrected chi connectivity index (χ4v) is 4.69. The lowest BCUT2D eigenvalue weighted by atomic mass is 10.2. The second-order valence-corrected chi connectivity index (χ2v) is 7.56. The van der Waals surface area contributed by atoms with Crippen LogP contribution in [-0.4, -0.2) is 27.2 Å². The molecule has 6 heteroatoms. The Bertz CT molecular complexity index is 502. The smallest absolute Gasteiger partial charge is 0.309 e. The number of methoxy groups -OCH3 is 1. The van der Waals surface area contributed by atoms with Crippen LogP contribution in [0.1, 0.15) is 23.6 Å². The lowest BCUT2D eigenvalue weighted by Gasteiger charge is -2.09. The van der Waals surface area contributed by atoms with Gasteiger partial charge in [0.1, 0.15) is 0 Å². The predicted octanol–water partition coefficient (Wildman–Crippen LogP) is 2.03. The third kappa shape index (κ3) is 4.42. The van der Waals surface area contributed by atoms with Crippen LogP contribution in [0.3, 0.4) is 0 Å². The molecule has 0 aromatic carbocycles.